The number of aryl methyl sites for hydroxylation is 1. The normalized spacial score (nSPS) is 23.5. The lowest BCUT2D eigenvalue weighted by molar-refractivity contribution is 0.159. The predicted molar refractivity (Wildman–Crippen MR) is 77.7 cm³/mol. The van der Waals surface area contributed by atoms with E-state index in [2.05, 4.69) is 20.6 Å². The molecule has 1 unspecified atom stereocenters. The first-order valence-electron chi connectivity index (χ1n) is 6.95. The number of nitrogens with zero attached hydrogens (tertiary/aromatic N) is 3. The van der Waals surface area contributed by atoms with Gasteiger partial charge in [0.1, 0.15) is 5.69 Å². The van der Waals surface area contributed by atoms with Gasteiger partial charge in [-0.15, -0.1) is 0 Å². The molecule has 6 nitrogen and oxygen atoms in total. The highest BCUT2D eigenvalue weighted by molar-refractivity contribution is 5.94. The zero-order valence-corrected chi connectivity index (χ0v) is 11.6. The zero-order chi connectivity index (χ0) is 14.4. The molecule has 2 N–H and O–H groups in total. The van der Waals surface area contributed by atoms with E-state index in [-0.39, 0.29) is 6.03 Å². The highest BCUT2D eigenvalue weighted by Crippen LogP contribution is 2.41. The zero-order valence-electron chi connectivity index (χ0n) is 11.6. The van der Waals surface area contributed by atoms with Crippen molar-refractivity contribution in [2.24, 2.45) is 0 Å². The first kappa shape index (κ1) is 12.3. The van der Waals surface area contributed by atoms with Crippen molar-refractivity contribution in [1.29, 1.82) is 0 Å². The molecule has 4 heterocycles. The Hall–Kier alpha value is -2.47. The van der Waals surface area contributed by atoms with Crippen molar-refractivity contribution in [3.63, 3.8) is 0 Å². The van der Waals surface area contributed by atoms with E-state index < -0.39 is 5.66 Å². The van der Waals surface area contributed by atoms with Crippen LogP contribution in [0.5, 0.6) is 0 Å². The van der Waals surface area contributed by atoms with Crippen molar-refractivity contribution in [3.05, 3.63) is 53.6 Å². The van der Waals surface area contributed by atoms with Gasteiger partial charge in [-0.2, -0.15) is 0 Å². The highest BCUT2D eigenvalue weighted by atomic mass is 16.2. The molecule has 1 saturated heterocycles. The van der Waals surface area contributed by atoms with E-state index in [1.807, 2.05) is 37.3 Å². The molecule has 0 bridgehead atoms. The van der Waals surface area contributed by atoms with Crippen LogP contribution in [0.4, 0.5) is 10.5 Å². The Morgan fingerprint density at radius 3 is 3.05 bits per heavy atom. The molecular weight excluding hydrogens is 266 g/mol. The maximum absolute atomic E-state index is 12.4. The van der Waals surface area contributed by atoms with E-state index in [0.29, 0.717) is 13.1 Å². The quantitative estimate of drug-likeness (QED) is 0.829. The number of carbonyl (C=O) groups is 1. The molecule has 2 aliphatic rings. The van der Waals surface area contributed by atoms with Gasteiger partial charge in [-0.1, -0.05) is 6.07 Å². The van der Waals surface area contributed by atoms with Crippen LogP contribution < -0.4 is 10.6 Å². The Labute approximate surface area is 122 Å². The van der Waals surface area contributed by atoms with E-state index in [0.717, 1.165) is 22.8 Å². The number of carbonyl (C=O) groups excluding carboxylic acids is 1. The summed E-state index contributed by atoms with van der Waals surface area (Å²) in [7, 11) is 0. The molecule has 2 aromatic rings. The number of hydrogen-bond donors (Lipinski definition) is 2. The summed E-state index contributed by atoms with van der Waals surface area (Å²) in [6.45, 7) is 3.28. The van der Waals surface area contributed by atoms with Gasteiger partial charge in [-0.05, 0) is 31.2 Å². The maximum atomic E-state index is 12.4. The molecule has 0 saturated carbocycles. The first-order chi connectivity index (χ1) is 10.2. The van der Waals surface area contributed by atoms with Gasteiger partial charge in [0.05, 0.1) is 11.4 Å². The van der Waals surface area contributed by atoms with Crippen LogP contribution in [-0.4, -0.2) is 34.0 Å². The van der Waals surface area contributed by atoms with Crippen molar-refractivity contribution < 1.29 is 4.79 Å². The van der Waals surface area contributed by atoms with Crippen molar-refractivity contribution in [1.82, 2.24) is 20.2 Å². The molecule has 0 radical (unpaired) electrons. The molecule has 0 aromatic carbocycles. The van der Waals surface area contributed by atoms with Crippen LogP contribution in [0, 0.1) is 6.92 Å². The van der Waals surface area contributed by atoms with Crippen LogP contribution in [0.2, 0.25) is 0 Å². The summed E-state index contributed by atoms with van der Waals surface area (Å²) in [6, 6.07) is 9.41. The Bertz CT molecular complexity index is 732. The minimum atomic E-state index is -0.773. The largest absolute Gasteiger partial charge is 0.324 e. The van der Waals surface area contributed by atoms with Gasteiger partial charge in [0, 0.05) is 25.0 Å². The Balaban J connectivity index is 2.01. The molecule has 2 aromatic heterocycles. The first-order valence-corrected chi connectivity index (χ1v) is 6.95. The molecule has 4 rings (SSSR count). The number of amides is 2. The third kappa shape index (κ3) is 1.59. The fourth-order valence-electron chi connectivity index (χ4n) is 3.15. The number of nitrogens with one attached hydrogen (secondary N) is 2. The number of anilines is 1. The third-order valence-electron chi connectivity index (χ3n) is 4.02. The van der Waals surface area contributed by atoms with Gasteiger partial charge in [-0.3, -0.25) is 20.2 Å². The summed E-state index contributed by atoms with van der Waals surface area (Å²) in [5.74, 6) is 0. The van der Waals surface area contributed by atoms with Crippen LogP contribution in [0.3, 0.4) is 0 Å². The molecule has 2 amide bonds. The lowest BCUT2D eigenvalue weighted by atomic mass is 9.96. The second kappa shape index (κ2) is 4.26. The fraction of sp³-hybridized carbons (Fsp3) is 0.267. The van der Waals surface area contributed by atoms with Gasteiger partial charge in [-0.25, -0.2) is 4.79 Å². The minimum absolute atomic E-state index is 0.121. The number of fused-ring (bicyclic) bond motifs is 3. The summed E-state index contributed by atoms with van der Waals surface area (Å²) in [4.78, 5) is 23.3. The van der Waals surface area contributed by atoms with Gasteiger partial charge in [0.25, 0.3) is 0 Å². The molecule has 2 aliphatic heterocycles. The lowest BCUT2D eigenvalue weighted by Crippen LogP contribution is -2.57. The highest BCUT2D eigenvalue weighted by Gasteiger charge is 2.52. The van der Waals surface area contributed by atoms with Crippen LogP contribution in [0.1, 0.15) is 17.1 Å². The van der Waals surface area contributed by atoms with Crippen molar-refractivity contribution in [2.45, 2.75) is 12.6 Å². The number of hydrogen-bond acceptors (Lipinski definition) is 4. The molecule has 1 atom stereocenters. The maximum Gasteiger partial charge on any atom is 0.324 e. The minimum Gasteiger partial charge on any atom is -0.306 e. The van der Waals surface area contributed by atoms with Gasteiger partial charge in [0.15, 0.2) is 5.66 Å². The smallest absolute Gasteiger partial charge is 0.306 e. The summed E-state index contributed by atoms with van der Waals surface area (Å²) >= 11 is 0. The van der Waals surface area contributed by atoms with Crippen molar-refractivity contribution in [3.8, 4) is 0 Å². The topological polar surface area (TPSA) is 70.2 Å². The van der Waals surface area contributed by atoms with E-state index >= 15 is 0 Å². The van der Waals surface area contributed by atoms with Crippen molar-refractivity contribution in [2.75, 3.05) is 18.4 Å². The Morgan fingerprint density at radius 2 is 2.19 bits per heavy atom. The van der Waals surface area contributed by atoms with Gasteiger partial charge in [0.2, 0.25) is 0 Å². The van der Waals surface area contributed by atoms with E-state index in [9.17, 15) is 4.79 Å². The number of pyridine rings is 2. The van der Waals surface area contributed by atoms with E-state index in [4.69, 9.17) is 0 Å². The van der Waals surface area contributed by atoms with E-state index in [1.165, 1.54) is 0 Å². The van der Waals surface area contributed by atoms with Crippen LogP contribution in [-0.2, 0) is 5.66 Å². The summed E-state index contributed by atoms with van der Waals surface area (Å²) in [5, 5.41) is 6.34. The summed E-state index contributed by atoms with van der Waals surface area (Å²) < 4.78 is 0. The molecular formula is C15H15N5O. The van der Waals surface area contributed by atoms with Crippen LogP contribution >= 0.6 is 0 Å². The summed E-state index contributed by atoms with van der Waals surface area (Å²) in [5.41, 5.74) is 2.47. The molecule has 0 spiro atoms. The van der Waals surface area contributed by atoms with Crippen molar-refractivity contribution >= 4 is 11.7 Å². The van der Waals surface area contributed by atoms with Gasteiger partial charge >= 0.3 is 6.03 Å². The molecule has 0 aliphatic carbocycles. The monoisotopic (exact) mass is 281 g/mol. The third-order valence-corrected chi connectivity index (χ3v) is 4.02. The predicted octanol–water partition coefficient (Wildman–Crippen LogP) is 1.44. The van der Waals surface area contributed by atoms with Crippen LogP contribution in [0.15, 0.2) is 36.5 Å². The molecule has 106 valence electrons. The van der Waals surface area contributed by atoms with E-state index in [1.54, 1.807) is 11.1 Å². The molecule has 21 heavy (non-hydrogen) atoms. The Morgan fingerprint density at radius 1 is 1.29 bits per heavy atom. The second-order valence-electron chi connectivity index (χ2n) is 5.28. The lowest BCUT2D eigenvalue weighted by Gasteiger charge is -2.41. The Kier molecular flexibility index (Phi) is 2.49. The number of rotatable bonds is 1. The number of aromatic nitrogens is 2. The average Bonchev–Trinajstić information content (AvgIpc) is 2.94. The average molecular weight is 281 g/mol. The SMILES string of the molecule is Cc1cccc(C23NCCN2C(=O)Nc2cccnc23)n1. The van der Waals surface area contributed by atoms with Gasteiger partial charge < -0.3 is 5.32 Å². The van der Waals surface area contributed by atoms with Crippen LogP contribution in [0.25, 0.3) is 0 Å². The second-order valence-corrected chi connectivity index (χ2v) is 5.28. The number of urea groups is 1. The molecule has 6 heteroatoms. The molecule has 1 fully saturated rings. The fourth-order valence-corrected chi connectivity index (χ4v) is 3.15. The summed E-state index contributed by atoms with van der Waals surface area (Å²) in [6.07, 6.45) is 1.74. The standard InChI is InChI=1S/C15H15N5O/c1-10-4-2-6-12(18-10)15-13-11(5-3-7-16-13)19-14(21)20(15)9-8-17-15/h2-7,17H,8-9H2,1H3,(H,19,21).